The first-order valence-electron chi connectivity index (χ1n) is 15.4. The van der Waals surface area contributed by atoms with E-state index < -0.39 is 22.0 Å². The van der Waals surface area contributed by atoms with Crippen LogP contribution in [0.25, 0.3) is 0 Å². The van der Waals surface area contributed by atoms with Gasteiger partial charge >= 0.3 is 0 Å². The Kier molecular flexibility index (Phi) is 11.6. The van der Waals surface area contributed by atoms with Gasteiger partial charge in [-0.1, -0.05) is 44.2 Å². The van der Waals surface area contributed by atoms with Crippen molar-refractivity contribution >= 4 is 27.3 Å². The summed E-state index contributed by atoms with van der Waals surface area (Å²) in [4.78, 5) is 35.1. The highest BCUT2D eigenvalue weighted by molar-refractivity contribution is 7.89. The first-order chi connectivity index (χ1) is 21.8. The first kappa shape index (κ1) is 34.7. The molecule has 2 heterocycles. The molecule has 0 saturated heterocycles. The maximum Gasteiger partial charge on any atom is 0.243 e. The number of aliphatic hydroxyl groups is 1. The summed E-state index contributed by atoms with van der Waals surface area (Å²) in [5.74, 6) is 0.0239. The maximum atomic E-state index is 13.7. The van der Waals surface area contributed by atoms with Crippen molar-refractivity contribution in [3.8, 4) is 0 Å². The second-order valence-corrected chi connectivity index (χ2v) is 14.0. The van der Waals surface area contributed by atoms with Crippen molar-refractivity contribution in [2.75, 3.05) is 18.8 Å². The van der Waals surface area contributed by atoms with Crippen molar-refractivity contribution in [1.29, 1.82) is 0 Å². The number of nitrogen functional groups attached to an aromatic ring is 1. The molecule has 0 amide bonds. The summed E-state index contributed by atoms with van der Waals surface area (Å²) in [6.07, 6.45) is 1.05. The third kappa shape index (κ3) is 9.18. The van der Waals surface area contributed by atoms with Crippen LogP contribution in [0.3, 0.4) is 0 Å². The summed E-state index contributed by atoms with van der Waals surface area (Å²) >= 11 is 0. The Labute approximate surface area is 270 Å². The molecule has 0 bridgehead atoms. The Hall–Kier alpha value is -4.19. The molecule has 0 aliphatic carbocycles. The number of sulfonamides is 1. The minimum Gasteiger partial charge on any atom is -0.446 e. The highest BCUT2D eigenvalue weighted by Crippen LogP contribution is 2.25. The number of aliphatic hydroxyl groups excluding tert-OH is 1. The first-order valence-corrected chi connectivity index (χ1v) is 16.8. The van der Waals surface area contributed by atoms with Crippen LogP contribution in [0.15, 0.2) is 82.2 Å². The molecule has 2 aromatic carbocycles. The summed E-state index contributed by atoms with van der Waals surface area (Å²) in [5, 5.41) is 11.6. The lowest BCUT2D eigenvalue weighted by Gasteiger charge is -2.30. The molecule has 0 spiro atoms. The van der Waals surface area contributed by atoms with Gasteiger partial charge in [-0.05, 0) is 67.1 Å². The third-order valence-corrected chi connectivity index (χ3v) is 9.60. The monoisotopic (exact) mass is 646 g/mol. The summed E-state index contributed by atoms with van der Waals surface area (Å²) < 4.78 is 34.2. The van der Waals surface area contributed by atoms with Gasteiger partial charge in [-0.15, -0.1) is 0 Å². The fourth-order valence-corrected chi connectivity index (χ4v) is 6.98. The molecular weight excluding hydrogens is 604 g/mol. The quantitative estimate of drug-likeness (QED) is 0.123. The van der Waals surface area contributed by atoms with Gasteiger partial charge in [0.1, 0.15) is 11.5 Å². The number of aryl methyl sites for hydroxylation is 3. The SMILES string of the molecule is Cc1nc(C)c(CCC(=O)c2cc(C(=O)C[C@@H](Cc3ccccc3)[C@H](O)CN(CC(C)C)S(=O)(=O)c3ccc(N)cc3)ccn2)o1. The number of anilines is 1. The van der Waals surface area contributed by atoms with Crippen molar-refractivity contribution in [3.63, 3.8) is 0 Å². The molecule has 3 N–H and O–H groups in total. The molecule has 244 valence electrons. The second kappa shape index (κ2) is 15.4. The van der Waals surface area contributed by atoms with E-state index in [0.29, 0.717) is 35.7 Å². The Bertz CT molecular complexity index is 1740. The number of Topliss-reactive ketones (excluding diaryl/α,β-unsaturated/α-hetero) is 2. The normalized spacial score (nSPS) is 13.2. The van der Waals surface area contributed by atoms with E-state index in [1.54, 1.807) is 13.0 Å². The van der Waals surface area contributed by atoms with Gasteiger partial charge in [0, 0.05) is 56.7 Å². The van der Waals surface area contributed by atoms with Gasteiger partial charge in [0.05, 0.1) is 16.7 Å². The summed E-state index contributed by atoms with van der Waals surface area (Å²) in [6.45, 7) is 7.36. The molecule has 46 heavy (non-hydrogen) atoms. The number of nitrogens with two attached hydrogens (primary N) is 1. The molecule has 2 aromatic heterocycles. The Morgan fingerprint density at radius 2 is 1.67 bits per heavy atom. The predicted molar refractivity (Wildman–Crippen MR) is 176 cm³/mol. The van der Waals surface area contributed by atoms with E-state index in [9.17, 15) is 23.1 Å². The molecule has 4 rings (SSSR count). The zero-order valence-electron chi connectivity index (χ0n) is 26.7. The van der Waals surface area contributed by atoms with Crippen LogP contribution in [-0.4, -0.2) is 58.6 Å². The minimum absolute atomic E-state index is 0.0188. The molecule has 0 radical (unpaired) electrons. The summed E-state index contributed by atoms with van der Waals surface area (Å²) in [7, 11) is -3.96. The van der Waals surface area contributed by atoms with E-state index in [1.165, 1.54) is 40.8 Å². The zero-order valence-corrected chi connectivity index (χ0v) is 27.5. The third-order valence-electron chi connectivity index (χ3n) is 7.76. The van der Waals surface area contributed by atoms with Crippen LogP contribution < -0.4 is 5.73 Å². The van der Waals surface area contributed by atoms with Crippen LogP contribution >= 0.6 is 0 Å². The molecule has 0 saturated carbocycles. The number of aromatic nitrogens is 2. The van der Waals surface area contributed by atoms with Gasteiger partial charge in [0.25, 0.3) is 0 Å². The molecule has 0 unspecified atom stereocenters. The molecule has 10 nitrogen and oxygen atoms in total. The van der Waals surface area contributed by atoms with Gasteiger partial charge in [0.15, 0.2) is 17.5 Å². The molecule has 0 aliphatic heterocycles. The number of pyridine rings is 1. The van der Waals surface area contributed by atoms with Gasteiger partial charge in [0.2, 0.25) is 10.0 Å². The second-order valence-electron chi connectivity index (χ2n) is 12.0. The van der Waals surface area contributed by atoms with Crippen LogP contribution in [0.2, 0.25) is 0 Å². The van der Waals surface area contributed by atoms with E-state index in [-0.39, 0.29) is 54.0 Å². The minimum atomic E-state index is -3.96. The Morgan fingerprint density at radius 1 is 0.978 bits per heavy atom. The molecule has 2 atom stereocenters. The smallest absolute Gasteiger partial charge is 0.243 e. The molecule has 11 heteroatoms. The Balaban J connectivity index is 1.54. The number of hydrogen-bond acceptors (Lipinski definition) is 9. The van der Waals surface area contributed by atoms with E-state index >= 15 is 0 Å². The lowest BCUT2D eigenvalue weighted by molar-refractivity contribution is 0.0689. The largest absolute Gasteiger partial charge is 0.446 e. The van der Waals surface area contributed by atoms with Gasteiger partial charge < -0.3 is 15.3 Å². The van der Waals surface area contributed by atoms with E-state index in [4.69, 9.17) is 10.2 Å². The predicted octanol–water partition coefficient (Wildman–Crippen LogP) is 5.22. The van der Waals surface area contributed by atoms with Gasteiger partial charge in [-0.2, -0.15) is 4.31 Å². The van der Waals surface area contributed by atoms with E-state index in [2.05, 4.69) is 9.97 Å². The van der Waals surface area contributed by atoms with Crippen LogP contribution in [0.5, 0.6) is 0 Å². The number of rotatable bonds is 16. The van der Waals surface area contributed by atoms with E-state index in [1.807, 2.05) is 51.1 Å². The Morgan fingerprint density at radius 3 is 2.30 bits per heavy atom. The molecule has 4 aromatic rings. The van der Waals surface area contributed by atoms with Crippen LogP contribution in [0, 0.1) is 25.7 Å². The maximum absolute atomic E-state index is 13.7. The van der Waals surface area contributed by atoms with Crippen molar-refractivity contribution in [2.24, 2.45) is 11.8 Å². The number of hydrogen-bond donors (Lipinski definition) is 2. The van der Waals surface area contributed by atoms with Crippen LogP contribution in [0.4, 0.5) is 5.69 Å². The zero-order chi connectivity index (χ0) is 33.4. The van der Waals surface area contributed by atoms with Gasteiger partial charge in [-0.3, -0.25) is 14.6 Å². The average Bonchev–Trinajstić information content (AvgIpc) is 3.35. The highest BCUT2D eigenvalue weighted by atomic mass is 32.2. The number of benzene rings is 2. The number of carbonyl (C=O) groups is 2. The summed E-state index contributed by atoms with van der Waals surface area (Å²) in [5.41, 5.74) is 8.32. The van der Waals surface area contributed by atoms with Crippen molar-refractivity contribution in [2.45, 2.75) is 64.4 Å². The number of carbonyl (C=O) groups excluding carboxylic acids is 2. The van der Waals surface area contributed by atoms with Gasteiger partial charge in [-0.25, -0.2) is 13.4 Å². The van der Waals surface area contributed by atoms with Crippen molar-refractivity contribution < 1.29 is 27.5 Å². The lowest BCUT2D eigenvalue weighted by atomic mass is 9.87. The lowest BCUT2D eigenvalue weighted by Crippen LogP contribution is -2.43. The van der Waals surface area contributed by atoms with Crippen molar-refractivity contribution in [1.82, 2.24) is 14.3 Å². The standard InChI is InChI=1S/C35H42N4O6S/c1-23(2)21-39(46(43,44)30-12-10-29(36)11-13-30)22-34(42)28(18-26-8-6-5-7-9-26)20-33(41)27-16-17-37-31(19-27)32(40)14-15-35-24(3)38-25(4)45-35/h5-13,16-17,19,23,28,34,42H,14-15,18,20-22,36H2,1-4H3/t28-,34-/m1/s1. The number of nitrogens with zero attached hydrogens (tertiary/aromatic N) is 3. The molecular formula is C35H42N4O6S. The van der Waals surface area contributed by atoms with Crippen LogP contribution in [0.1, 0.15) is 70.4 Å². The number of ketones is 2. The highest BCUT2D eigenvalue weighted by Gasteiger charge is 2.32. The summed E-state index contributed by atoms with van der Waals surface area (Å²) in [6, 6.07) is 18.4. The average molecular weight is 647 g/mol. The molecule has 0 aliphatic rings. The number of oxazole rings is 1. The van der Waals surface area contributed by atoms with E-state index in [0.717, 1.165) is 11.3 Å². The fourth-order valence-electron chi connectivity index (χ4n) is 5.36. The van der Waals surface area contributed by atoms with Crippen LogP contribution in [-0.2, 0) is 22.9 Å². The molecule has 0 fully saturated rings. The fraction of sp³-hybridized carbons (Fsp3) is 0.371. The van der Waals surface area contributed by atoms with Crippen molar-refractivity contribution in [3.05, 3.63) is 107 Å². The topological polar surface area (TPSA) is 157 Å².